The summed E-state index contributed by atoms with van der Waals surface area (Å²) in [6, 6.07) is 7.68. The summed E-state index contributed by atoms with van der Waals surface area (Å²) in [4.78, 5) is 0. The molecule has 0 spiro atoms. The van der Waals surface area contributed by atoms with Crippen LogP contribution in [0.2, 0.25) is 0 Å². The van der Waals surface area contributed by atoms with Gasteiger partial charge in [0, 0.05) is 18.0 Å². The fraction of sp³-hybridized carbons (Fsp3) is 0.412. The third-order valence-electron chi connectivity index (χ3n) is 3.00. The lowest BCUT2D eigenvalue weighted by Gasteiger charge is -2.11. The van der Waals surface area contributed by atoms with Crippen LogP contribution in [0.5, 0.6) is 5.75 Å². The molecule has 0 radical (unpaired) electrons. The van der Waals surface area contributed by atoms with Crippen molar-refractivity contribution in [2.24, 2.45) is 0 Å². The van der Waals surface area contributed by atoms with Crippen LogP contribution in [0.3, 0.4) is 0 Å². The third-order valence-corrected chi connectivity index (χ3v) is 3.00. The normalized spacial score (nSPS) is 10.0. The molecule has 0 aromatic heterocycles. The second-order valence-electron chi connectivity index (χ2n) is 4.82. The fourth-order valence-electron chi connectivity index (χ4n) is 1.75. The molecule has 4 nitrogen and oxygen atoms in total. The van der Waals surface area contributed by atoms with E-state index in [1.54, 1.807) is 7.11 Å². The van der Waals surface area contributed by atoms with Crippen LogP contribution in [-0.2, 0) is 4.74 Å². The molecule has 0 unspecified atom stereocenters. The Morgan fingerprint density at radius 1 is 1.14 bits per heavy atom. The highest BCUT2D eigenvalue weighted by atomic mass is 16.5. The maximum Gasteiger partial charge on any atom is 0.145 e. The quantitative estimate of drug-likeness (QED) is 0.482. The molecule has 0 aliphatic heterocycles. The average Bonchev–Trinajstić information content (AvgIpc) is 2.50. The van der Waals surface area contributed by atoms with E-state index in [1.807, 2.05) is 24.3 Å². The zero-order chi connectivity index (χ0) is 15.5. The van der Waals surface area contributed by atoms with Crippen molar-refractivity contribution in [2.45, 2.75) is 25.7 Å². The van der Waals surface area contributed by atoms with Gasteiger partial charge in [0.2, 0.25) is 0 Å². The molecule has 4 heteroatoms. The number of aliphatic hydroxyl groups is 1. The van der Waals surface area contributed by atoms with E-state index >= 15 is 0 Å². The van der Waals surface area contributed by atoms with Gasteiger partial charge < -0.3 is 19.9 Å². The maximum absolute atomic E-state index is 8.72. The van der Waals surface area contributed by atoms with Crippen molar-refractivity contribution < 1.29 is 14.6 Å². The second kappa shape index (κ2) is 9.88. The molecule has 0 atom stereocenters. The minimum Gasteiger partial charge on any atom is -0.498 e. The van der Waals surface area contributed by atoms with Gasteiger partial charge in [-0.15, -0.1) is 0 Å². The Morgan fingerprint density at radius 3 is 2.48 bits per heavy atom. The number of nitrogens with one attached hydrogen (secondary N) is 1. The summed E-state index contributed by atoms with van der Waals surface area (Å²) in [5.74, 6) is 1.36. The molecular weight excluding hydrogens is 266 g/mol. The van der Waals surface area contributed by atoms with Gasteiger partial charge in [0.15, 0.2) is 0 Å². The lowest BCUT2D eigenvalue weighted by atomic mass is 10.1. The van der Waals surface area contributed by atoms with E-state index in [4.69, 9.17) is 14.6 Å². The van der Waals surface area contributed by atoms with E-state index < -0.39 is 0 Å². The smallest absolute Gasteiger partial charge is 0.145 e. The Hall–Kier alpha value is -1.94. The number of unbranched alkanes of at least 4 members (excludes halogenated alkanes) is 2. The predicted octanol–water partition coefficient (Wildman–Crippen LogP) is 3.70. The molecule has 2 N–H and O–H groups in total. The summed E-state index contributed by atoms with van der Waals surface area (Å²) in [6.07, 6.45) is 3.82. The molecule has 0 saturated heterocycles. The number of hydrogen-bond donors (Lipinski definition) is 2. The molecule has 1 aromatic rings. The molecule has 0 aliphatic rings. The van der Waals surface area contributed by atoms with Crippen molar-refractivity contribution in [3.05, 3.63) is 48.9 Å². The van der Waals surface area contributed by atoms with E-state index in [0.717, 1.165) is 42.8 Å². The monoisotopic (exact) mass is 291 g/mol. The summed E-state index contributed by atoms with van der Waals surface area (Å²) in [5, 5.41) is 12.0. The van der Waals surface area contributed by atoms with Gasteiger partial charge in [-0.1, -0.05) is 19.6 Å². The van der Waals surface area contributed by atoms with E-state index in [2.05, 4.69) is 18.5 Å². The van der Waals surface area contributed by atoms with Gasteiger partial charge >= 0.3 is 0 Å². The molecule has 0 amide bonds. The van der Waals surface area contributed by atoms with Crippen LogP contribution in [-0.4, -0.2) is 25.4 Å². The molecule has 1 aromatic carbocycles. The van der Waals surface area contributed by atoms with Gasteiger partial charge in [0.1, 0.15) is 18.1 Å². The topological polar surface area (TPSA) is 50.7 Å². The van der Waals surface area contributed by atoms with Gasteiger partial charge in [0.05, 0.1) is 7.11 Å². The number of ether oxygens (including phenoxy) is 2. The largest absolute Gasteiger partial charge is 0.498 e. The van der Waals surface area contributed by atoms with E-state index in [1.165, 1.54) is 0 Å². The zero-order valence-electron chi connectivity index (χ0n) is 12.7. The van der Waals surface area contributed by atoms with Crippen LogP contribution < -0.4 is 10.1 Å². The van der Waals surface area contributed by atoms with Crippen molar-refractivity contribution in [1.82, 2.24) is 0 Å². The number of aliphatic hydroxyl groups excluding tert-OH is 1. The molecule has 0 fully saturated rings. The third kappa shape index (κ3) is 7.42. The number of methoxy groups -OCH3 is 1. The number of benzene rings is 1. The standard InChI is InChI=1S/C17H25NO3/c1-14(7-5-4-6-12-19)18-16-8-10-17(11-9-16)21-13-15(2)20-3/h8-11,18-19H,1-2,4-7,12-13H2,3H3. The molecule has 1 rings (SSSR count). The Kier molecular flexibility index (Phi) is 8.05. The lowest BCUT2D eigenvalue weighted by molar-refractivity contribution is 0.221. The fourth-order valence-corrected chi connectivity index (χ4v) is 1.75. The molecule has 116 valence electrons. The Morgan fingerprint density at radius 2 is 1.86 bits per heavy atom. The molecule has 0 aliphatic carbocycles. The first-order valence-corrected chi connectivity index (χ1v) is 7.16. The highest BCUT2D eigenvalue weighted by molar-refractivity contribution is 5.50. The summed E-state index contributed by atoms with van der Waals surface area (Å²) in [5.41, 5.74) is 1.97. The van der Waals surface area contributed by atoms with Crippen LogP contribution in [0.15, 0.2) is 48.9 Å². The van der Waals surface area contributed by atoms with Gasteiger partial charge in [-0.25, -0.2) is 0 Å². The summed E-state index contributed by atoms with van der Waals surface area (Å²) < 4.78 is 10.5. The van der Waals surface area contributed by atoms with Crippen LogP contribution in [0.1, 0.15) is 25.7 Å². The highest BCUT2D eigenvalue weighted by Gasteiger charge is 1.99. The SMILES string of the molecule is C=C(CCCCCO)Nc1ccc(OCC(=C)OC)cc1. The number of hydrogen-bond acceptors (Lipinski definition) is 4. The van der Waals surface area contributed by atoms with E-state index in [0.29, 0.717) is 12.4 Å². The number of anilines is 1. The van der Waals surface area contributed by atoms with Crippen molar-refractivity contribution >= 4 is 5.69 Å². The Bertz CT molecular complexity index is 440. The molecule has 0 bridgehead atoms. The van der Waals surface area contributed by atoms with Gasteiger partial charge in [0.25, 0.3) is 0 Å². The van der Waals surface area contributed by atoms with Gasteiger partial charge in [-0.3, -0.25) is 0 Å². The zero-order valence-corrected chi connectivity index (χ0v) is 12.7. The van der Waals surface area contributed by atoms with Gasteiger partial charge in [-0.05, 0) is 43.5 Å². The van der Waals surface area contributed by atoms with Crippen LogP contribution >= 0.6 is 0 Å². The molecular formula is C17H25NO3. The van der Waals surface area contributed by atoms with Gasteiger partial charge in [-0.2, -0.15) is 0 Å². The van der Waals surface area contributed by atoms with Crippen LogP contribution in [0.4, 0.5) is 5.69 Å². The summed E-state index contributed by atoms with van der Waals surface area (Å²) in [6.45, 7) is 8.32. The van der Waals surface area contributed by atoms with Crippen molar-refractivity contribution in [1.29, 1.82) is 0 Å². The summed E-state index contributed by atoms with van der Waals surface area (Å²) >= 11 is 0. The highest BCUT2D eigenvalue weighted by Crippen LogP contribution is 2.18. The predicted molar refractivity (Wildman–Crippen MR) is 86.4 cm³/mol. The van der Waals surface area contributed by atoms with Crippen LogP contribution in [0, 0.1) is 0 Å². The van der Waals surface area contributed by atoms with E-state index in [-0.39, 0.29) is 6.61 Å². The molecule has 0 saturated carbocycles. The maximum atomic E-state index is 8.72. The number of rotatable bonds is 11. The minimum atomic E-state index is 0.261. The Labute approximate surface area is 127 Å². The van der Waals surface area contributed by atoms with E-state index in [9.17, 15) is 0 Å². The second-order valence-corrected chi connectivity index (χ2v) is 4.82. The average molecular weight is 291 g/mol. The first-order chi connectivity index (χ1) is 10.2. The number of allylic oxidation sites excluding steroid dienone is 1. The van der Waals surface area contributed by atoms with Crippen molar-refractivity contribution in [3.63, 3.8) is 0 Å². The Balaban J connectivity index is 2.33. The molecule has 21 heavy (non-hydrogen) atoms. The van der Waals surface area contributed by atoms with Crippen molar-refractivity contribution in [2.75, 3.05) is 25.6 Å². The molecule has 0 heterocycles. The lowest BCUT2D eigenvalue weighted by Crippen LogP contribution is -2.02. The first kappa shape index (κ1) is 17.1. The summed E-state index contributed by atoms with van der Waals surface area (Å²) in [7, 11) is 1.57. The minimum absolute atomic E-state index is 0.261. The van der Waals surface area contributed by atoms with Crippen molar-refractivity contribution in [3.8, 4) is 5.75 Å². The van der Waals surface area contributed by atoms with Crippen LogP contribution in [0.25, 0.3) is 0 Å². The first-order valence-electron chi connectivity index (χ1n) is 7.16.